The number of allylic oxidation sites excluding steroid dienone is 2. The molecule has 37 heavy (non-hydrogen) atoms. The van der Waals surface area contributed by atoms with E-state index < -0.39 is 6.04 Å². The number of carbonyl (C=O) groups is 1. The number of benzene rings is 2. The van der Waals surface area contributed by atoms with Gasteiger partial charge in [-0.3, -0.25) is 0 Å². The van der Waals surface area contributed by atoms with Crippen LogP contribution in [-0.2, 0) is 21.8 Å². The minimum absolute atomic E-state index is 0. The molecule has 0 aliphatic heterocycles. The minimum Gasteiger partial charge on any atom is 0 e. The Morgan fingerprint density at radius 3 is 2.49 bits per heavy atom. The molecule has 0 spiro atoms. The molecule has 1 heterocycles. The average Bonchev–Trinajstić information content (AvgIpc) is 2.97. The molecule has 0 fully saturated rings. The van der Waals surface area contributed by atoms with Crippen LogP contribution in [-0.4, -0.2) is 22.3 Å². The van der Waals surface area contributed by atoms with Crippen LogP contribution in [0.5, 0.6) is 0 Å². The van der Waals surface area contributed by atoms with Gasteiger partial charge in [-0.15, -0.1) is 0 Å². The van der Waals surface area contributed by atoms with Gasteiger partial charge in [-0.05, 0) is 0 Å². The smallest absolute Gasteiger partial charge is 0 e. The van der Waals surface area contributed by atoms with E-state index in [0.717, 1.165) is 29.7 Å². The number of hydrogen-bond donors (Lipinski definition) is 1. The van der Waals surface area contributed by atoms with E-state index in [0.29, 0.717) is 6.54 Å². The number of aromatic nitrogens is 1. The quantitative estimate of drug-likeness (QED) is 0.313. The van der Waals surface area contributed by atoms with Crippen molar-refractivity contribution in [1.82, 2.24) is 10.3 Å². The molecule has 2 aromatic carbocycles. The van der Waals surface area contributed by atoms with E-state index in [1.807, 2.05) is 36.9 Å². The molecular weight excluding hydrogens is 493 g/mol. The van der Waals surface area contributed by atoms with Crippen LogP contribution in [0.4, 0.5) is 5.69 Å². The monoisotopic (exact) mass is 532 g/mol. The molecule has 5 heteroatoms. The molecule has 193 valence electrons. The third-order valence-corrected chi connectivity index (χ3v) is 6.61. The maximum absolute atomic E-state index is 13.7. The third kappa shape index (κ3) is 7.41. The summed E-state index contributed by atoms with van der Waals surface area (Å²) in [4.78, 5) is 22.0. The van der Waals surface area contributed by atoms with Gasteiger partial charge in [0.1, 0.15) is 0 Å². The second kappa shape index (κ2) is 14.5. The molecule has 0 saturated heterocycles. The number of pyridine rings is 1. The first-order valence-corrected chi connectivity index (χ1v) is 13.9. The van der Waals surface area contributed by atoms with Crippen molar-refractivity contribution in [3.63, 3.8) is 0 Å². The first kappa shape index (κ1) is 28.4. The first-order valence-electron chi connectivity index (χ1n) is 13.1. The molecule has 0 bridgehead atoms. The maximum Gasteiger partial charge on any atom is 0 e. The Bertz CT molecular complexity index is 1230. The summed E-state index contributed by atoms with van der Waals surface area (Å²) >= 11 is 2.51. The van der Waals surface area contributed by atoms with Gasteiger partial charge in [0.2, 0.25) is 0 Å². The molecule has 1 unspecified atom stereocenters. The van der Waals surface area contributed by atoms with Crippen LogP contribution in [0.2, 0.25) is 0 Å². The number of anilines is 1. The van der Waals surface area contributed by atoms with Gasteiger partial charge in [-0.1, -0.05) is 13.8 Å². The van der Waals surface area contributed by atoms with Crippen LogP contribution in [0.3, 0.4) is 0 Å². The fraction of sp³-hybridized carbons (Fsp3) is 0.281. The van der Waals surface area contributed by atoms with E-state index >= 15 is 0 Å². The molecule has 1 aliphatic carbocycles. The number of rotatable bonds is 9. The Hall–Kier alpha value is -3.21. The number of amides is 1. The zero-order valence-corrected chi connectivity index (χ0v) is 23.7. The van der Waals surface area contributed by atoms with E-state index in [9.17, 15) is 4.79 Å². The normalized spacial score (nSPS) is 13.1. The van der Waals surface area contributed by atoms with Crippen molar-refractivity contribution in [1.29, 1.82) is 0 Å². The summed E-state index contributed by atoms with van der Waals surface area (Å²) in [5.41, 5.74) is 6.55. The molecule has 1 aromatic heterocycles. The predicted molar refractivity (Wildman–Crippen MR) is 154 cm³/mol. The summed E-state index contributed by atoms with van der Waals surface area (Å²) in [5.74, 6) is 0.223. The molecule has 1 amide bonds. The van der Waals surface area contributed by atoms with Gasteiger partial charge in [-0.25, -0.2) is 0 Å². The number of carbonyl (C=O) groups excluding carboxylic acids is 1. The Balaban J connectivity index is 0.00000165. The standard InChI is InChI=1S/C30H31N3O.C2H6.V.H2/c1-22(2)27-19-25(24-13-8-5-9-14-24)16-17-28(27)33(3)29(26-15-10-18-31-21-26)30(34)32-20-23-11-6-4-7-12-23;1-2;;/h3,5-6,8-19,21-22,29H,4,7,20H2,1-2H3,(H,32,34);1-2H3;;1H. The van der Waals surface area contributed by atoms with Crippen molar-refractivity contribution >= 4 is 16.4 Å². The van der Waals surface area contributed by atoms with Crippen LogP contribution in [0.15, 0.2) is 96.9 Å². The summed E-state index contributed by atoms with van der Waals surface area (Å²) in [6.45, 7) is 8.90. The molecular formula is C32H39N3OV. The number of nitrogens with zero attached hydrogens (tertiary/aromatic N) is 2. The molecule has 4 nitrogen and oxygen atoms in total. The Morgan fingerprint density at radius 2 is 1.86 bits per heavy atom. The molecule has 1 N–H and O–H groups in total. The van der Waals surface area contributed by atoms with Gasteiger partial charge in [0.05, 0.1) is 0 Å². The third-order valence-electron chi connectivity index (χ3n) is 6.22. The Morgan fingerprint density at radius 1 is 1.08 bits per heavy atom. The van der Waals surface area contributed by atoms with E-state index in [1.54, 1.807) is 12.4 Å². The number of hydrogen-bond acceptors (Lipinski definition) is 3. The van der Waals surface area contributed by atoms with Crippen molar-refractivity contribution in [3.05, 3.63) is 108 Å². The van der Waals surface area contributed by atoms with E-state index in [2.05, 4.69) is 107 Å². The molecule has 1 aliphatic rings. The summed E-state index contributed by atoms with van der Waals surface area (Å²) in [6.07, 6.45) is 12.0. The van der Waals surface area contributed by atoms with Gasteiger partial charge in [0.25, 0.3) is 0 Å². The first-order chi connectivity index (χ1) is 18.1. The van der Waals surface area contributed by atoms with Crippen LogP contribution < -0.4 is 10.2 Å². The van der Waals surface area contributed by atoms with Gasteiger partial charge >= 0.3 is 218 Å². The Kier molecular flexibility index (Phi) is 11.1. The Labute approximate surface area is 232 Å². The van der Waals surface area contributed by atoms with Gasteiger partial charge in [-0.2, -0.15) is 0 Å². The zero-order valence-electron chi connectivity index (χ0n) is 22.3. The molecule has 0 radical (unpaired) electrons. The fourth-order valence-corrected chi connectivity index (χ4v) is 4.79. The summed E-state index contributed by atoms with van der Waals surface area (Å²) in [7, 11) is 0. The van der Waals surface area contributed by atoms with Crippen molar-refractivity contribution in [2.75, 3.05) is 11.4 Å². The summed E-state index contributed by atoms with van der Waals surface area (Å²) in [6, 6.07) is 20.2. The van der Waals surface area contributed by atoms with Gasteiger partial charge in [0.15, 0.2) is 0 Å². The molecule has 3 aromatic rings. The summed E-state index contributed by atoms with van der Waals surface area (Å²) in [5, 5.41) is 3.17. The second-order valence-corrected chi connectivity index (χ2v) is 9.34. The van der Waals surface area contributed by atoms with Crippen molar-refractivity contribution in [2.45, 2.75) is 52.5 Å². The molecule has 4 rings (SSSR count). The number of nitrogens with one attached hydrogen (secondary N) is 1. The van der Waals surface area contributed by atoms with E-state index in [1.165, 1.54) is 16.7 Å². The minimum atomic E-state index is -0.542. The predicted octanol–water partition coefficient (Wildman–Crippen LogP) is 7.39. The van der Waals surface area contributed by atoms with Crippen LogP contribution in [0.25, 0.3) is 11.1 Å². The van der Waals surface area contributed by atoms with Crippen molar-refractivity contribution in [2.24, 2.45) is 0 Å². The largest absolute Gasteiger partial charge is 0 e. The molecule has 1 atom stereocenters. The zero-order chi connectivity index (χ0) is 26.6. The average molecular weight is 533 g/mol. The van der Waals surface area contributed by atoms with Crippen molar-refractivity contribution in [3.8, 4) is 11.1 Å². The van der Waals surface area contributed by atoms with Crippen LogP contribution in [0.1, 0.15) is 65.0 Å². The van der Waals surface area contributed by atoms with Crippen LogP contribution in [0, 0.1) is 0 Å². The fourth-order valence-electron chi connectivity index (χ4n) is 4.39. The maximum atomic E-state index is 13.7. The van der Waals surface area contributed by atoms with Gasteiger partial charge in [0, 0.05) is 1.43 Å². The molecule has 0 saturated carbocycles. The topological polar surface area (TPSA) is 45.2 Å². The van der Waals surface area contributed by atoms with E-state index in [-0.39, 0.29) is 13.3 Å². The van der Waals surface area contributed by atoms with E-state index in [4.69, 9.17) is 0 Å². The van der Waals surface area contributed by atoms with Crippen LogP contribution >= 0.6 is 0 Å². The SMILES string of the molecule is CC.CC(C)c1cc(-c2ccccc2)ccc1N([CH]=[V])C(C(=O)NCC1=CCCC=C1)c1cccnc1.[HH]. The van der Waals surface area contributed by atoms with Crippen molar-refractivity contribution < 1.29 is 23.2 Å². The van der Waals surface area contributed by atoms with Gasteiger partial charge < -0.3 is 0 Å². The summed E-state index contributed by atoms with van der Waals surface area (Å²) < 4.78 is 0. The second-order valence-electron chi connectivity index (χ2n) is 8.98.